The van der Waals surface area contributed by atoms with Crippen molar-refractivity contribution < 1.29 is 4.74 Å². The minimum absolute atomic E-state index is 0.405. The molecule has 0 spiro atoms. The van der Waals surface area contributed by atoms with Gasteiger partial charge in [0.1, 0.15) is 0 Å². The SMILES string of the molecule is Cc1ccsc1C(C)NC(C)C1CCCO1. The first kappa shape index (κ1) is 12.1. The van der Waals surface area contributed by atoms with Crippen LogP contribution < -0.4 is 5.32 Å². The van der Waals surface area contributed by atoms with Crippen molar-refractivity contribution in [3.8, 4) is 0 Å². The molecule has 90 valence electrons. The Kier molecular flexibility index (Phi) is 4.00. The largest absolute Gasteiger partial charge is 0.377 e. The quantitative estimate of drug-likeness (QED) is 0.870. The molecule has 0 amide bonds. The second kappa shape index (κ2) is 5.30. The van der Waals surface area contributed by atoms with Gasteiger partial charge < -0.3 is 10.1 Å². The highest BCUT2D eigenvalue weighted by atomic mass is 32.1. The van der Waals surface area contributed by atoms with E-state index in [4.69, 9.17) is 4.74 Å². The van der Waals surface area contributed by atoms with Crippen LogP contribution in [0.4, 0.5) is 0 Å². The van der Waals surface area contributed by atoms with Crippen molar-refractivity contribution >= 4 is 11.3 Å². The summed E-state index contributed by atoms with van der Waals surface area (Å²) in [6.07, 6.45) is 2.82. The van der Waals surface area contributed by atoms with Gasteiger partial charge in [-0.05, 0) is 50.6 Å². The molecule has 0 bridgehead atoms. The van der Waals surface area contributed by atoms with E-state index in [0.29, 0.717) is 18.2 Å². The van der Waals surface area contributed by atoms with Gasteiger partial charge in [0, 0.05) is 23.6 Å². The normalized spacial score (nSPS) is 24.6. The highest BCUT2D eigenvalue weighted by molar-refractivity contribution is 7.10. The molecule has 0 aliphatic carbocycles. The van der Waals surface area contributed by atoms with E-state index in [1.807, 2.05) is 11.3 Å². The summed E-state index contributed by atoms with van der Waals surface area (Å²) in [5, 5.41) is 5.82. The van der Waals surface area contributed by atoms with Gasteiger partial charge in [-0.3, -0.25) is 0 Å². The minimum atomic E-state index is 0.405. The van der Waals surface area contributed by atoms with Crippen molar-refractivity contribution in [2.45, 2.75) is 51.8 Å². The zero-order valence-electron chi connectivity index (χ0n) is 10.3. The third-order valence-corrected chi connectivity index (χ3v) is 4.53. The average Bonchev–Trinajstić information content (AvgIpc) is 2.86. The van der Waals surface area contributed by atoms with Crippen LogP contribution in [0.5, 0.6) is 0 Å². The van der Waals surface area contributed by atoms with E-state index in [9.17, 15) is 0 Å². The maximum absolute atomic E-state index is 5.70. The zero-order valence-corrected chi connectivity index (χ0v) is 11.1. The fraction of sp³-hybridized carbons (Fsp3) is 0.692. The molecule has 1 aromatic heterocycles. The van der Waals surface area contributed by atoms with Crippen molar-refractivity contribution in [1.29, 1.82) is 0 Å². The first-order chi connectivity index (χ1) is 7.68. The Bertz CT molecular complexity index is 330. The molecule has 3 heteroatoms. The van der Waals surface area contributed by atoms with Crippen molar-refractivity contribution in [3.63, 3.8) is 0 Å². The molecule has 1 fully saturated rings. The summed E-state index contributed by atoms with van der Waals surface area (Å²) >= 11 is 1.84. The molecule has 16 heavy (non-hydrogen) atoms. The molecular weight excluding hydrogens is 218 g/mol. The lowest BCUT2D eigenvalue weighted by molar-refractivity contribution is 0.0805. The molecule has 1 N–H and O–H groups in total. The van der Waals surface area contributed by atoms with Gasteiger partial charge in [-0.15, -0.1) is 11.3 Å². The van der Waals surface area contributed by atoms with Crippen LogP contribution in [0, 0.1) is 6.92 Å². The molecule has 0 radical (unpaired) electrons. The Labute approximate surface area is 102 Å². The minimum Gasteiger partial charge on any atom is -0.377 e. The smallest absolute Gasteiger partial charge is 0.0726 e. The molecular formula is C13H21NOS. The summed E-state index contributed by atoms with van der Waals surface area (Å²) in [6, 6.07) is 3.06. The van der Waals surface area contributed by atoms with E-state index in [2.05, 4.69) is 37.5 Å². The molecule has 1 saturated heterocycles. The van der Waals surface area contributed by atoms with Crippen LogP contribution in [0.25, 0.3) is 0 Å². The lowest BCUT2D eigenvalue weighted by Gasteiger charge is -2.24. The maximum atomic E-state index is 5.70. The van der Waals surface area contributed by atoms with E-state index in [1.54, 1.807) is 0 Å². The van der Waals surface area contributed by atoms with Gasteiger partial charge in [-0.2, -0.15) is 0 Å². The molecule has 2 rings (SSSR count). The number of ether oxygens (including phenoxy) is 1. The van der Waals surface area contributed by atoms with E-state index in [1.165, 1.54) is 23.3 Å². The van der Waals surface area contributed by atoms with Crippen molar-refractivity contribution in [2.24, 2.45) is 0 Å². The Balaban J connectivity index is 1.91. The Hall–Kier alpha value is -0.380. The number of nitrogens with one attached hydrogen (secondary N) is 1. The van der Waals surface area contributed by atoms with E-state index >= 15 is 0 Å². The topological polar surface area (TPSA) is 21.3 Å². The second-order valence-electron chi connectivity index (χ2n) is 4.70. The molecule has 0 saturated carbocycles. The second-order valence-corrected chi connectivity index (χ2v) is 5.64. The summed E-state index contributed by atoms with van der Waals surface area (Å²) < 4.78 is 5.70. The van der Waals surface area contributed by atoms with Crippen LogP contribution >= 0.6 is 11.3 Å². The molecule has 3 atom stereocenters. The van der Waals surface area contributed by atoms with Gasteiger partial charge in [-0.1, -0.05) is 0 Å². The lowest BCUT2D eigenvalue weighted by Crippen LogP contribution is -2.38. The molecule has 1 aliphatic heterocycles. The molecule has 3 unspecified atom stereocenters. The molecule has 1 aliphatic rings. The van der Waals surface area contributed by atoms with Crippen LogP contribution in [0.15, 0.2) is 11.4 Å². The molecule has 1 aromatic rings. The monoisotopic (exact) mass is 239 g/mol. The first-order valence-electron chi connectivity index (χ1n) is 6.10. The molecule has 2 nitrogen and oxygen atoms in total. The van der Waals surface area contributed by atoms with E-state index in [-0.39, 0.29) is 0 Å². The highest BCUT2D eigenvalue weighted by Gasteiger charge is 2.24. The van der Waals surface area contributed by atoms with Gasteiger partial charge in [0.05, 0.1) is 6.10 Å². The number of aryl methyl sites for hydroxylation is 1. The number of hydrogen-bond donors (Lipinski definition) is 1. The third kappa shape index (κ3) is 2.65. The predicted molar refractivity (Wildman–Crippen MR) is 69.0 cm³/mol. The number of rotatable bonds is 4. The van der Waals surface area contributed by atoms with Crippen LogP contribution in [-0.4, -0.2) is 18.8 Å². The molecule has 2 heterocycles. The van der Waals surface area contributed by atoms with Crippen molar-refractivity contribution in [2.75, 3.05) is 6.61 Å². The lowest BCUT2D eigenvalue weighted by atomic mass is 10.1. The van der Waals surface area contributed by atoms with Crippen LogP contribution in [-0.2, 0) is 4.74 Å². The van der Waals surface area contributed by atoms with Crippen LogP contribution in [0.2, 0.25) is 0 Å². The predicted octanol–water partition coefficient (Wildman–Crippen LogP) is 3.27. The third-order valence-electron chi connectivity index (χ3n) is 3.33. The Morgan fingerprint density at radius 3 is 2.88 bits per heavy atom. The Morgan fingerprint density at radius 2 is 2.31 bits per heavy atom. The zero-order chi connectivity index (χ0) is 11.5. The van der Waals surface area contributed by atoms with Gasteiger partial charge in [-0.25, -0.2) is 0 Å². The summed E-state index contributed by atoms with van der Waals surface area (Å²) in [5.74, 6) is 0. The standard InChI is InChI=1S/C13H21NOS/c1-9-6-8-16-13(9)11(3)14-10(2)12-5-4-7-15-12/h6,8,10-12,14H,4-5,7H2,1-3H3. The number of thiophene rings is 1. The summed E-state index contributed by atoms with van der Waals surface area (Å²) in [6.45, 7) is 7.59. The van der Waals surface area contributed by atoms with Crippen LogP contribution in [0.3, 0.4) is 0 Å². The van der Waals surface area contributed by atoms with Gasteiger partial charge in [0.2, 0.25) is 0 Å². The number of hydrogen-bond acceptors (Lipinski definition) is 3. The summed E-state index contributed by atoms with van der Waals surface area (Å²) in [5.41, 5.74) is 1.39. The summed E-state index contributed by atoms with van der Waals surface area (Å²) in [7, 11) is 0. The fourth-order valence-corrected chi connectivity index (χ4v) is 3.35. The average molecular weight is 239 g/mol. The van der Waals surface area contributed by atoms with Crippen LogP contribution in [0.1, 0.15) is 43.2 Å². The fourth-order valence-electron chi connectivity index (χ4n) is 2.40. The van der Waals surface area contributed by atoms with Crippen molar-refractivity contribution in [3.05, 3.63) is 21.9 Å². The van der Waals surface area contributed by atoms with E-state index in [0.717, 1.165) is 6.61 Å². The van der Waals surface area contributed by atoms with Gasteiger partial charge >= 0.3 is 0 Å². The Morgan fingerprint density at radius 1 is 1.50 bits per heavy atom. The summed E-state index contributed by atoms with van der Waals surface area (Å²) in [4.78, 5) is 1.45. The first-order valence-corrected chi connectivity index (χ1v) is 6.98. The van der Waals surface area contributed by atoms with Gasteiger partial charge in [0.15, 0.2) is 0 Å². The van der Waals surface area contributed by atoms with E-state index < -0.39 is 0 Å². The van der Waals surface area contributed by atoms with Crippen molar-refractivity contribution in [1.82, 2.24) is 5.32 Å². The molecule has 0 aromatic carbocycles. The van der Waals surface area contributed by atoms with Gasteiger partial charge in [0.25, 0.3) is 0 Å². The maximum Gasteiger partial charge on any atom is 0.0726 e. The highest BCUT2D eigenvalue weighted by Crippen LogP contribution is 2.25.